The van der Waals surface area contributed by atoms with Crippen LogP contribution in [0.4, 0.5) is 15.9 Å². The number of phenolic OH excluding ortho intramolecular Hbond substituents is 1. The van der Waals surface area contributed by atoms with Gasteiger partial charge in [-0.2, -0.15) is 4.39 Å². The van der Waals surface area contributed by atoms with E-state index in [0.29, 0.717) is 23.3 Å². The Labute approximate surface area is 165 Å². The molecule has 0 saturated heterocycles. The summed E-state index contributed by atoms with van der Waals surface area (Å²) < 4.78 is 15.1. The van der Waals surface area contributed by atoms with E-state index in [2.05, 4.69) is 24.8 Å². The van der Waals surface area contributed by atoms with Gasteiger partial charge in [-0.1, -0.05) is 12.1 Å². The van der Waals surface area contributed by atoms with Gasteiger partial charge in [0.25, 0.3) is 0 Å². The first kappa shape index (κ1) is 17.1. The van der Waals surface area contributed by atoms with Crippen molar-refractivity contribution in [3.63, 3.8) is 0 Å². The first-order valence-electron chi connectivity index (χ1n) is 9.06. The molecule has 2 aromatic carbocycles. The van der Waals surface area contributed by atoms with Crippen LogP contribution in [-0.4, -0.2) is 24.6 Å². The van der Waals surface area contributed by atoms with Crippen LogP contribution in [0.25, 0.3) is 21.8 Å². The summed E-state index contributed by atoms with van der Waals surface area (Å²) in [5.41, 5.74) is 3.49. The molecule has 2 N–H and O–H groups in total. The molecule has 0 aliphatic rings. The Hall–Kier alpha value is -4.00. The molecule has 3 aromatic heterocycles. The van der Waals surface area contributed by atoms with Crippen molar-refractivity contribution in [2.45, 2.75) is 6.54 Å². The van der Waals surface area contributed by atoms with Crippen molar-refractivity contribution in [3.05, 3.63) is 84.8 Å². The molecule has 5 rings (SSSR count). The summed E-state index contributed by atoms with van der Waals surface area (Å²) >= 11 is 0. The lowest BCUT2D eigenvalue weighted by Gasteiger charge is -2.10. The topological polar surface area (TPSA) is 75.9 Å². The van der Waals surface area contributed by atoms with Crippen molar-refractivity contribution >= 4 is 33.3 Å². The van der Waals surface area contributed by atoms with Crippen LogP contribution >= 0.6 is 0 Å². The Bertz CT molecular complexity index is 1330. The molecule has 0 fully saturated rings. The van der Waals surface area contributed by atoms with Crippen LogP contribution in [0.15, 0.2) is 73.3 Å². The van der Waals surface area contributed by atoms with Gasteiger partial charge in [0.15, 0.2) is 0 Å². The summed E-state index contributed by atoms with van der Waals surface area (Å²) in [6.07, 6.45) is 5.00. The van der Waals surface area contributed by atoms with Gasteiger partial charge in [0.1, 0.15) is 17.9 Å². The lowest BCUT2D eigenvalue weighted by Crippen LogP contribution is -1.99. The number of pyridine rings is 1. The van der Waals surface area contributed by atoms with E-state index in [1.54, 1.807) is 24.4 Å². The molecule has 6 nitrogen and oxygen atoms in total. The predicted molar refractivity (Wildman–Crippen MR) is 110 cm³/mol. The second-order valence-electron chi connectivity index (χ2n) is 6.72. The Morgan fingerprint density at radius 1 is 1.00 bits per heavy atom. The van der Waals surface area contributed by atoms with E-state index in [0.717, 1.165) is 22.2 Å². The highest BCUT2D eigenvalue weighted by Crippen LogP contribution is 2.31. The van der Waals surface area contributed by atoms with E-state index < -0.39 is 5.95 Å². The standard InChI is InChI=1S/C22H16FN5O/c23-20-7-4-14(11-24-20)12-28-9-8-15-10-16(5-6-18(15)28)27-22-21-17(25-13-26-22)2-1-3-19(21)29/h1-11,13,29H,12H2,(H,25,26,27). The van der Waals surface area contributed by atoms with E-state index in [1.165, 1.54) is 12.4 Å². The van der Waals surface area contributed by atoms with E-state index in [9.17, 15) is 9.50 Å². The van der Waals surface area contributed by atoms with E-state index in [4.69, 9.17) is 0 Å². The van der Waals surface area contributed by atoms with Gasteiger partial charge in [-0.25, -0.2) is 15.0 Å². The molecule has 0 amide bonds. The van der Waals surface area contributed by atoms with Gasteiger partial charge in [-0.05, 0) is 48.0 Å². The molecule has 0 aliphatic heterocycles. The van der Waals surface area contributed by atoms with Gasteiger partial charge in [0.2, 0.25) is 5.95 Å². The smallest absolute Gasteiger partial charge is 0.212 e. The average molecular weight is 385 g/mol. The number of aromatic nitrogens is 4. The molecular weight excluding hydrogens is 369 g/mol. The van der Waals surface area contributed by atoms with Gasteiger partial charge >= 0.3 is 0 Å². The highest BCUT2D eigenvalue weighted by atomic mass is 19.1. The minimum absolute atomic E-state index is 0.130. The molecule has 0 bridgehead atoms. The average Bonchev–Trinajstić information content (AvgIpc) is 3.12. The van der Waals surface area contributed by atoms with Gasteiger partial charge in [0.05, 0.1) is 10.9 Å². The van der Waals surface area contributed by atoms with Gasteiger partial charge in [-0.15, -0.1) is 0 Å². The first-order chi connectivity index (χ1) is 14.2. The largest absolute Gasteiger partial charge is 0.507 e. The molecule has 0 saturated carbocycles. The zero-order chi connectivity index (χ0) is 19.8. The minimum Gasteiger partial charge on any atom is -0.507 e. The summed E-state index contributed by atoms with van der Waals surface area (Å²) in [5, 5.41) is 15.1. The van der Waals surface area contributed by atoms with Crippen molar-refractivity contribution in [2.24, 2.45) is 0 Å². The number of nitrogens with one attached hydrogen (secondary N) is 1. The normalized spacial score (nSPS) is 11.2. The monoisotopic (exact) mass is 385 g/mol. The van der Waals surface area contributed by atoms with E-state index in [1.807, 2.05) is 36.5 Å². The quantitative estimate of drug-likeness (QED) is 0.442. The summed E-state index contributed by atoms with van der Waals surface area (Å²) in [7, 11) is 0. The molecule has 0 spiro atoms. The second-order valence-corrected chi connectivity index (χ2v) is 6.72. The molecule has 29 heavy (non-hydrogen) atoms. The van der Waals surface area contributed by atoms with Crippen molar-refractivity contribution in [2.75, 3.05) is 5.32 Å². The van der Waals surface area contributed by atoms with Crippen LogP contribution in [0.1, 0.15) is 5.56 Å². The van der Waals surface area contributed by atoms with Crippen LogP contribution in [-0.2, 0) is 6.54 Å². The van der Waals surface area contributed by atoms with Crippen LogP contribution in [0.3, 0.4) is 0 Å². The molecule has 3 heterocycles. The molecule has 0 aliphatic carbocycles. The lowest BCUT2D eigenvalue weighted by molar-refractivity contribution is 0.481. The molecule has 0 unspecified atom stereocenters. The summed E-state index contributed by atoms with van der Waals surface area (Å²) in [4.78, 5) is 12.2. The number of nitrogens with zero attached hydrogens (tertiary/aromatic N) is 4. The predicted octanol–water partition coefficient (Wildman–Crippen LogP) is 4.62. The van der Waals surface area contributed by atoms with Crippen molar-refractivity contribution in [1.82, 2.24) is 19.5 Å². The minimum atomic E-state index is -0.481. The van der Waals surface area contributed by atoms with Gasteiger partial charge in [-0.3, -0.25) is 0 Å². The fourth-order valence-corrected chi connectivity index (χ4v) is 3.44. The number of phenols is 1. The first-order valence-corrected chi connectivity index (χ1v) is 9.06. The summed E-state index contributed by atoms with van der Waals surface area (Å²) in [6, 6.07) is 16.3. The van der Waals surface area contributed by atoms with Crippen LogP contribution in [0, 0.1) is 5.95 Å². The van der Waals surface area contributed by atoms with Crippen molar-refractivity contribution in [3.8, 4) is 5.75 Å². The summed E-state index contributed by atoms with van der Waals surface area (Å²) in [5.74, 6) is 0.195. The lowest BCUT2D eigenvalue weighted by atomic mass is 10.2. The van der Waals surface area contributed by atoms with Crippen LogP contribution in [0.5, 0.6) is 5.75 Å². The maximum absolute atomic E-state index is 13.0. The molecular formula is C22H16FN5O. The zero-order valence-electron chi connectivity index (χ0n) is 15.2. The number of anilines is 2. The number of fused-ring (bicyclic) bond motifs is 2. The maximum atomic E-state index is 13.0. The third kappa shape index (κ3) is 3.23. The highest BCUT2D eigenvalue weighted by molar-refractivity contribution is 5.96. The second kappa shape index (κ2) is 6.87. The number of halogens is 1. The van der Waals surface area contributed by atoms with Crippen LogP contribution < -0.4 is 5.32 Å². The highest BCUT2D eigenvalue weighted by Gasteiger charge is 2.10. The SMILES string of the molecule is Oc1cccc2ncnc(Nc3ccc4c(ccn4Cc4ccc(F)nc4)c3)c12. The van der Waals surface area contributed by atoms with E-state index >= 15 is 0 Å². The number of hydrogen-bond acceptors (Lipinski definition) is 5. The van der Waals surface area contributed by atoms with Crippen molar-refractivity contribution in [1.29, 1.82) is 0 Å². The van der Waals surface area contributed by atoms with Crippen molar-refractivity contribution < 1.29 is 9.50 Å². The molecule has 0 atom stereocenters. The third-order valence-electron chi connectivity index (χ3n) is 4.82. The number of hydrogen-bond donors (Lipinski definition) is 2. The Balaban J connectivity index is 1.46. The molecule has 5 aromatic rings. The fourth-order valence-electron chi connectivity index (χ4n) is 3.44. The molecule has 7 heteroatoms. The molecule has 0 radical (unpaired) electrons. The van der Waals surface area contributed by atoms with Gasteiger partial charge in [0, 0.05) is 35.5 Å². The van der Waals surface area contributed by atoms with E-state index in [-0.39, 0.29) is 5.75 Å². The molecule has 142 valence electrons. The fraction of sp³-hybridized carbons (Fsp3) is 0.0455. The van der Waals surface area contributed by atoms with Crippen LogP contribution in [0.2, 0.25) is 0 Å². The summed E-state index contributed by atoms with van der Waals surface area (Å²) in [6.45, 7) is 0.605. The Morgan fingerprint density at radius 3 is 2.79 bits per heavy atom. The third-order valence-corrected chi connectivity index (χ3v) is 4.82. The number of aromatic hydroxyl groups is 1. The van der Waals surface area contributed by atoms with Gasteiger partial charge < -0.3 is 15.0 Å². The Morgan fingerprint density at radius 2 is 1.93 bits per heavy atom. The number of benzene rings is 2. The number of rotatable bonds is 4. The Kier molecular flexibility index (Phi) is 4.05. The zero-order valence-corrected chi connectivity index (χ0v) is 15.2. The maximum Gasteiger partial charge on any atom is 0.212 e.